The van der Waals surface area contributed by atoms with E-state index in [2.05, 4.69) is 15.9 Å². The first kappa shape index (κ1) is 21.2. The van der Waals surface area contributed by atoms with Crippen molar-refractivity contribution in [3.8, 4) is 45.6 Å². The first-order valence-electron chi connectivity index (χ1n) is 10.2. The van der Waals surface area contributed by atoms with Gasteiger partial charge in [-0.25, -0.2) is 0 Å². The van der Waals surface area contributed by atoms with Gasteiger partial charge < -0.3 is 30.1 Å². The van der Waals surface area contributed by atoms with Crippen LogP contribution in [0.1, 0.15) is 0 Å². The summed E-state index contributed by atoms with van der Waals surface area (Å²) >= 11 is 3.34. The maximum absolute atomic E-state index is 10.9. The van der Waals surface area contributed by atoms with Crippen molar-refractivity contribution in [2.45, 2.75) is 0 Å². The molecule has 0 amide bonds. The van der Waals surface area contributed by atoms with Crippen LogP contribution in [0, 0.1) is 0 Å². The fraction of sp³-hybridized carbons (Fsp3) is 0. The highest BCUT2D eigenvalue weighted by Gasteiger charge is 2.28. The van der Waals surface area contributed by atoms with E-state index in [-0.39, 0.29) is 27.9 Å². The highest BCUT2D eigenvalue weighted by atomic mass is 79.9. The molecule has 0 saturated carbocycles. The number of hydrogen-bond acceptors (Lipinski definition) is 5. The fourth-order valence-corrected chi connectivity index (χ4v) is 4.84. The zero-order valence-corrected chi connectivity index (χ0v) is 19.3. The van der Waals surface area contributed by atoms with Crippen LogP contribution in [-0.4, -0.2) is 45.8 Å². The Balaban J connectivity index is 1.95. The van der Waals surface area contributed by atoms with Crippen LogP contribution < -0.4 is 10.9 Å². The van der Waals surface area contributed by atoms with Gasteiger partial charge in [0.2, 0.25) is 5.75 Å². The van der Waals surface area contributed by atoms with Gasteiger partial charge in [-0.1, -0.05) is 42.5 Å². The summed E-state index contributed by atoms with van der Waals surface area (Å²) in [4.78, 5) is 0. The Bertz CT molecular complexity index is 1500. The number of aromatic hydroxyl groups is 5. The molecule has 0 unspecified atom stereocenters. The van der Waals surface area contributed by atoms with Gasteiger partial charge in [-0.2, -0.15) is 0 Å². The summed E-state index contributed by atoms with van der Waals surface area (Å²) in [6, 6.07) is 17.5. The summed E-state index contributed by atoms with van der Waals surface area (Å²) in [6.07, 6.45) is 0. The molecular formula is C24H18B2BrNO5. The Hall–Kier alpha value is -3.71. The van der Waals surface area contributed by atoms with Crippen molar-refractivity contribution in [3.63, 3.8) is 0 Å². The standard InChI is InChI=1S/C24H18B2BrNO5/c25-15-13-14-18(16(26)17(27)22(31)20(14)29)28(19(13)23(32)24(33)21(15)30)12-8-6-11(7-9-12)10-4-2-1-3-5-10/h1-9,29-33H,25-26H2. The highest BCUT2D eigenvalue weighted by molar-refractivity contribution is 9.10. The van der Waals surface area contributed by atoms with E-state index in [9.17, 15) is 25.5 Å². The topological polar surface area (TPSA) is 106 Å². The Morgan fingerprint density at radius 1 is 0.576 bits per heavy atom. The molecule has 0 spiro atoms. The third-order valence-corrected chi connectivity index (χ3v) is 7.13. The van der Waals surface area contributed by atoms with Crippen LogP contribution in [0.4, 0.5) is 0 Å². The second-order valence-electron chi connectivity index (χ2n) is 8.00. The minimum atomic E-state index is -0.648. The molecule has 5 aromatic rings. The van der Waals surface area contributed by atoms with Crippen LogP contribution in [0.15, 0.2) is 59.1 Å². The lowest BCUT2D eigenvalue weighted by molar-refractivity contribution is 0.372. The molecule has 1 heterocycles. The Labute approximate surface area is 198 Å². The second kappa shape index (κ2) is 7.42. The number of aromatic nitrogens is 1. The molecular weight excluding hydrogens is 484 g/mol. The summed E-state index contributed by atoms with van der Waals surface area (Å²) in [7, 11) is 3.35. The fourth-order valence-electron chi connectivity index (χ4n) is 4.46. The second-order valence-corrected chi connectivity index (χ2v) is 8.80. The Morgan fingerprint density at radius 3 is 1.82 bits per heavy atom. The maximum atomic E-state index is 10.9. The number of phenolic OH excluding ortho intramolecular Hbond substituents is 5. The molecule has 0 saturated heterocycles. The predicted octanol–water partition coefficient (Wildman–Crippen LogP) is 2.26. The smallest absolute Gasteiger partial charge is 0.201 e. The number of phenols is 5. The largest absolute Gasteiger partial charge is 0.505 e. The number of nitrogens with zero attached hydrogens (tertiary/aromatic N) is 1. The van der Waals surface area contributed by atoms with E-state index in [1.807, 2.05) is 54.6 Å². The van der Waals surface area contributed by atoms with Crippen LogP contribution >= 0.6 is 15.9 Å². The zero-order valence-electron chi connectivity index (χ0n) is 17.8. The molecule has 0 atom stereocenters. The van der Waals surface area contributed by atoms with Crippen LogP contribution in [-0.2, 0) is 0 Å². The van der Waals surface area contributed by atoms with Crippen molar-refractivity contribution in [3.05, 3.63) is 59.1 Å². The molecule has 5 rings (SSSR count). The van der Waals surface area contributed by atoms with Gasteiger partial charge in [-0.05, 0) is 50.1 Å². The van der Waals surface area contributed by atoms with Gasteiger partial charge in [-0.3, -0.25) is 0 Å². The lowest BCUT2D eigenvalue weighted by Gasteiger charge is -2.14. The van der Waals surface area contributed by atoms with Crippen molar-refractivity contribution >= 4 is 64.4 Å². The highest BCUT2D eigenvalue weighted by Crippen LogP contribution is 2.49. The summed E-state index contributed by atoms with van der Waals surface area (Å²) in [6.45, 7) is 0. The first-order chi connectivity index (χ1) is 15.7. The lowest BCUT2D eigenvalue weighted by atomic mass is 9.87. The van der Waals surface area contributed by atoms with Gasteiger partial charge in [0.1, 0.15) is 15.7 Å². The molecule has 0 fully saturated rings. The number of hydrogen-bond donors (Lipinski definition) is 5. The molecule has 0 radical (unpaired) electrons. The minimum Gasteiger partial charge on any atom is -0.505 e. The van der Waals surface area contributed by atoms with Crippen molar-refractivity contribution in [1.29, 1.82) is 0 Å². The van der Waals surface area contributed by atoms with E-state index in [4.69, 9.17) is 0 Å². The first-order valence-corrected chi connectivity index (χ1v) is 11.0. The van der Waals surface area contributed by atoms with Crippen molar-refractivity contribution in [2.24, 2.45) is 0 Å². The van der Waals surface area contributed by atoms with Gasteiger partial charge in [0, 0.05) is 11.1 Å². The van der Waals surface area contributed by atoms with Gasteiger partial charge in [-0.15, -0.1) is 0 Å². The van der Waals surface area contributed by atoms with E-state index in [1.54, 1.807) is 20.3 Å². The molecule has 6 nitrogen and oxygen atoms in total. The SMILES string of the molecule is Bc1c(O)c(O)c(O)c2c1c1c(O)c(O)c(Br)c(B)c1n2-c1ccc(-c2ccccc2)cc1. The molecule has 0 aliphatic carbocycles. The number of halogens is 1. The van der Waals surface area contributed by atoms with Crippen molar-refractivity contribution in [1.82, 2.24) is 4.57 Å². The molecule has 9 heteroatoms. The normalized spacial score (nSPS) is 11.4. The van der Waals surface area contributed by atoms with Gasteiger partial charge in [0.15, 0.2) is 23.0 Å². The number of benzene rings is 4. The van der Waals surface area contributed by atoms with Gasteiger partial charge >= 0.3 is 0 Å². The van der Waals surface area contributed by atoms with E-state index >= 15 is 0 Å². The molecule has 4 aromatic carbocycles. The summed E-state index contributed by atoms with van der Waals surface area (Å²) in [5.74, 6) is -2.39. The van der Waals surface area contributed by atoms with Crippen LogP contribution in [0.2, 0.25) is 0 Å². The Kier molecular flexibility index (Phi) is 4.76. The van der Waals surface area contributed by atoms with Crippen molar-refractivity contribution < 1.29 is 25.5 Å². The van der Waals surface area contributed by atoms with Crippen LogP contribution in [0.3, 0.4) is 0 Å². The lowest BCUT2D eigenvalue weighted by Crippen LogP contribution is -2.10. The molecule has 33 heavy (non-hydrogen) atoms. The van der Waals surface area contributed by atoms with Crippen molar-refractivity contribution in [2.75, 3.05) is 0 Å². The molecule has 162 valence electrons. The number of fused-ring (bicyclic) bond motifs is 3. The van der Waals surface area contributed by atoms with Gasteiger partial charge in [0.25, 0.3) is 0 Å². The zero-order chi connectivity index (χ0) is 23.6. The monoisotopic (exact) mass is 501 g/mol. The molecule has 1 aromatic heterocycles. The number of rotatable bonds is 2. The van der Waals surface area contributed by atoms with E-state index in [0.717, 1.165) is 11.1 Å². The summed E-state index contributed by atoms with van der Waals surface area (Å²) in [5.41, 5.74) is 4.31. The quantitative estimate of drug-likeness (QED) is 0.188. The predicted molar refractivity (Wildman–Crippen MR) is 139 cm³/mol. The maximum Gasteiger partial charge on any atom is 0.201 e. The van der Waals surface area contributed by atoms with E-state index < -0.39 is 17.2 Å². The average Bonchev–Trinajstić information content (AvgIpc) is 3.20. The summed E-state index contributed by atoms with van der Waals surface area (Å²) in [5, 5.41) is 53.6. The third-order valence-electron chi connectivity index (χ3n) is 6.16. The van der Waals surface area contributed by atoms with Gasteiger partial charge in [0.05, 0.1) is 20.9 Å². The molecule has 0 aliphatic heterocycles. The minimum absolute atomic E-state index is 0.209. The molecule has 0 aliphatic rings. The summed E-state index contributed by atoms with van der Waals surface area (Å²) < 4.78 is 2.02. The molecule has 5 N–H and O–H groups in total. The molecule has 0 bridgehead atoms. The van der Waals surface area contributed by atoms with E-state index in [1.165, 1.54) is 0 Å². The Morgan fingerprint density at radius 2 is 1.18 bits per heavy atom. The van der Waals surface area contributed by atoms with Crippen LogP contribution in [0.5, 0.6) is 28.7 Å². The third kappa shape index (κ3) is 2.89. The van der Waals surface area contributed by atoms with Crippen LogP contribution in [0.25, 0.3) is 38.6 Å². The average molecular weight is 502 g/mol. The van der Waals surface area contributed by atoms with E-state index in [0.29, 0.717) is 26.5 Å².